The van der Waals surface area contributed by atoms with E-state index in [2.05, 4.69) is 79.4 Å². The monoisotopic (exact) mass is 628 g/mol. The zero-order valence-electron chi connectivity index (χ0n) is 23.8. The summed E-state index contributed by atoms with van der Waals surface area (Å²) in [5, 5.41) is 23.4. The van der Waals surface area contributed by atoms with Crippen molar-refractivity contribution in [3.63, 3.8) is 0 Å². The molecule has 0 saturated carbocycles. The van der Waals surface area contributed by atoms with E-state index in [1.807, 2.05) is 0 Å². The van der Waals surface area contributed by atoms with Crippen LogP contribution in [0.1, 0.15) is 86.1 Å². The van der Waals surface area contributed by atoms with Gasteiger partial charge in [-0.25, -0.2) is 4.57 Å². The number of nitrogens with zero attached hydrogens (tertiary/aromatic N) is 1. The number of nitrogens with one attached hydrogen (secondary N) is 1. The minimum Gasteiger partial charge on any atom is -1.00 e. The van der Waals surface area contributed by atoms with Crippen molar-refractivity contribution in [3.8, 4) is 11.5 Å². The number of ketones is 2. The number of carbonyl (C=O) groups is 3. The summed E-state index contributed by atoms with van der Waals surface area (Å²) in [5.74, 6) is -2.43. The van der Waals surface area contributed by atoms with Crippen LogP contribution in [0.2, 0.25) is 0 Å². The molecule has 1 heterocycles. The summed E-state index contributed by atoms with van der Waals surface area (Å²) in [6.07, 6.45) is 5.57. The van der Waals surface area contributed by atoms with Gasteiger partial charge in [0.1, 0.15) is 11.5 Å². The van der Waals surface area contributed by atoms with Gasteiger partial charge in [0.15, 0.2) is 24.7 Å². The third-order valence-corrected chi connectivity index (χ3v) is 7.44. The van der Waals surface area contributed by atoms with E-state index in [9.17, 15) is 24.6 Å². The van der Waals surface area contributed by atoms with Gasteiger partial charge in [0, 0.05) is 40.9 Å². The Balaban J connectivity index is 0.00000405. The molecule has 0 unspecified atom stereocenters. The highest BCUT2D eigenvalue weighted by atomic mass is 79.9. The van der Waals surface area contributed by atoms with E-state index in [1.165, 1.54) is 41.5 Å². The Morgan fingerprint density at radius 1 is 0.810 bits per heavy atom. The third kappa shape index (κ3) is 6.29. The molecule has 0 fully saturated rings. The van der Waals surface area contributed by atoms with Crippen molar-refractivity contribution >= 4 is 17.5 Å². The van der Waals surface area contributed by atoms with Gasteiger partial charge in [-0.3, -0.25) is 14.4 Å². The number of carbonyl (C=O) groups excluding carboxylic acids is 3. The van der Waals surface area contributed by atoms with Crippen LogP contribution >= 0.6 is 0 Å². The summed E-state index contributed by atoms with van der Waals surface area (Å²) >= 11 is 0. The zero-order chi connectivity index (χ0) is 29.3. The Hall–Kier alpha value is -4.30. The topological polar surface area (TPSA) is 108 Å². The fourth-order valence-corrected chi connectivity index (χ4v) is 5.09. The number of aryl methyl sites for hydroxylation is 1. The maximum Gasteiger partial charge on any atom is 0.251 e. The molecule has 5 rings (SSSR count). The molecule has 0 spiro atoms. The molecule has 0 saturated heterocycles. The largest absolute Gasteiger partial charge is 1.00 e. The number of phenols is 2. The summed E-state index contributed by atoms with van der Waals surface area (Å²) in [7, 11) is 0. The first-order valence-electron chi connectivity index (χ1n) is 13.7. The summed E-state index contributed by atoms with van der Waals surface area (Å²) in [4.78, 5) is 38.7. The van der Waals surface area contributed by atoms with Crippen LogP contribution in [0.3, 0.4) is 0 Å². The molecule has 0 bridgehead atoms. The summed E-state index contributed by atoms with van der Waals surface area (Å²) in [6, 6.07) is 19.6. The highest BCUT2D eigenvalue weighted by molar-refractivity contribution is 6.30. The van der Waals surface area contributed by atoms with E-state index in [4.69, 9.17) is 0 Å². The van der Waals surface area contributed by atoms with E-state index in [1.54, 1.807) is 0 Å². The first kappa shape index (κ1) is 30.7. The number of fused-ring (bicyclic) bond motifs is 2. The van der Waals surface area contributed by atoms with Crippen LogP contribution in [0.25, 0.3) is 0 Å². The highest BCUT2D eigenvalue weighted by Crippen LogP contribution is 2.37. The van der Waals surface area contributed by atoms with Gasteiger partial charge in [0.25, 0.3) is 5.91 Å². The Kier molecular flexibility index (Phi) is 8.97. The normalized spacial score (nSPS) is 12.3. The third-order valence-electron chi connectivity index (χ3n) is 7.44. The number of amides is 1. The standard InChI is InChI=1S/C34H32N2O5.BrH/c1-34(2,3)24-11-9-22(10-12-24)20-36-16-13-21(14-17-36)6-5-15-35-33(41)23-18-26-30(28(38)19-23)32(40)29-25(31(26)39)7-4-8-27(29)37;/h4,7-14,16-19H,5-6,15,20H2,1-3H3,(H2-,35,37,38,40,41);1H. The van der Waals surface area contributed by atoms with Crippen LogP contribution < -0.4 is 26.9 Å². The van der Waals surface area contributed by atoms with Crippen LogP contribution in [0.5, 0.6) is 11.5 Å². The molecule has 4 aromatic rings. The molecule has 216 valence electrons. The predicted octanol–water partition coefficient (Wildman–Crippen LogP) is 1.87. The fraction of sp³-hybridized carbons (Fsp3) is 0.235. The number of hydrogen-bond acceptors (Lipinski definition) is 5. The smallest absolute Gasteiger partial charge is 0.251 e. The molecule has 3 aromatic carbocycles. The van der Waals surface area contributed by atoms with Crippen LogP contribution in [-0.4, -0.2) is 34.2 Å². The van der Waals surface area contributed by atoms with Gasteiger partial charge in [-0.05, 0) is 47.6 Å². The van der Waals surface area contributed by atoms with E-state index < -0.39 is 23.2 Å². The molecular weight excluding hydrogens is 596 g/mol. The first-order valence-corrected chi connectivity index (χ1v) is 13.7. The zero-order valence-corrected chi connectivity index (χ0v) is 25.4. The quantitative estimate of drug-likeness (QED) is 0.188. The average Bonchev–Trinajstić information content (AvgIpc) is 2.94. The number of phenolic OH excluding ortho intramolecular Hbond substituents is 2. The Labute approximate surface area is 255 Å². The van der Waals surface area contributed by atoms with Crippen molar-refractivity contribution in [1.82, 2.24) is 5.32 Å². The lowest BCUT2D eigenvalue weighted by molar-refractivity contribution is -0.688. The van der Waals surface area contributed by atoms with Crippen molar-refractivity contribution in [2.45, 2.75) is 45.6 Å². The molecule has 0 atom stereocenters. The van der Waals surface area contributed by atoms with Crippen LogP contribution in [0.4, 0.5) is 0 Å². The minimum absolute atomic E-state index is 0. The van der Waals surface area contributed by atoms with Crippen molar-refractivity contribution in [3.05, 3.63) is 124 Å². The molecule has 42 heavy (non-hydrogen) atoms. The molecule has 1 aromatic heterocycles. The van der Waals surface area contributed by atoms with Crippen molar-refractivity contribution in [1.29, 1.82) is 0 Å². The molecule has 7 nitrogen and oxygen atoms in total. The molecule has 1 aliphatic carbocycles. The summed E-state index contributed by atoms with van der Waals surface area (Å²) in [5.41, 5.74) is 3.56. The summed E-state index contributed by atoms with van der Waals surface area (Å²) < 4.78 is 2.13. The van der Waals surface area contributed by atoms with E-state index in [-0.39, 0.29) is 56.0 Å². The lowest BCUT2D eigenvalue weighted by Gasteiger charge is -2.20. The number of aromatic hydroxyl groups is 2. The number of benzene rings is 3. The number of rotatable bonds is 7. The molecule has 1 aliphatic rings. The van der Waals surface area contributed by atoms with E-state index in [0.29, 0.717) is 13.0 Å². The number of hydrogen-bond donors (Lipinski definition) is 3. The Morgan fingerprint density at radius 2 is 1.48 bits per heavy atom. The van der Waals surface area contributed by atoms with Crippen molar-refractivity contribution < 1.29 is 46.1 Å². The van der Waals surface area contributed by atoms with Gasteiger partial charge >= 0.3 is 0 Å². The predicted molar refractivity (Wildman–Crippen MR) is 155 cm³/mol. The summed E-state index contributed by atoms with van der Waals surface area (Å²) in [6.45, 7) is 7.80. The molecule has 3 N–H and O–H groups in total. The van der Waals surface area contributed by atoms with Gasteiger partial charge in [0.05, 0.1) is 11.1 Å². The van der Waals surface area contributed by atoms with E-state index in [0.717, 1.165) is 18.5 Å². The number of pyridine rings is 1. The SMILES string of the molecule is CC(C)(C)c1ccc(C[n+]2ccc(CCCNC(=O)c3cc(O)c4c(c3)C(=O)c3cccc(O)c3C4=O)cc2)cc1.[Br-]. The van der Waals surface area contributed by atoms with Crippen molar-refractivity contribution in [2.24, 2.45) is 0 Å². The Bertz CT molecular complexity index is 1660. The lowest BCUT2D eigenvalue weighted by atomic mass is 9.82. The van der Waals surface area contributed by atoms with Crippen LogP contribution in [-0.2, 0) is 18.4 Å². The highest BCUT2D eigenvalue weighted by Gasteiger charge is 2.35. The van der Waals surface area contributed by atoms with Crippen LogP contribution in [0.15, 0.2) is 79.1 Å². The second-order valence-corrected chi connectivity index (χ2v) is 11.5. The second kappa shape index (κ2) is 12.3. The minimum atomic E-state index is -0.653. The number of halogens is 1. The lowest BCUT2D eigenvalue weighted by Crippen LogP contribution is -3.00. The fourth-order valence-electron chi connectivity index (χ4n) is 5.09. The number of aromatic nitrogens is 1. The van der Waals surface area contributed by atoms with Gasteiger partial charge in [0.2, 0.25) is 5.78 Å². The Morgan fingerprint density at radius 3 is 2.14 bits per heavy atom. The molecule has 0 radical (unpaired) electrons. The maximum atomic E-state index is 13.0. The first-order chi connectivity index (χ1) is 19.5. The maximum absolute atomic E-state index is 13.0. The van der Waals surface area contributed by atoms with E-state index >= 15 is 0 Å². The van der Waals surface area contributed by atoms with Gasteiger partial charge in [-0.1, -0.05) is 57.2 Å². The van der Waals surface area contributed by atoms with Crippen LogP contribution in [0, 0.1) is 0 Å². The second-order valence-electron chi connectivity index (χ2n) is 11.5. The van der Waals surface area contributed by atoms with Gasteiger partial charge < -0.3 is 32.5 Å². The molecule has 1 amide bonds. The molecule has 8 heteroatoms. The molecular formula is C34H33BrN2O5. The molecule has 0 aliphatic heterocycles. The average molecular weight is 630 g/mol. The van der Waals surface area contributed by atoms with Crippen molar-refractivity contribution in [2.75, 3.05) is 6.54 Å². The van der Waals surface area contributed by atoms with Gasteiger partial charge in [-0.2, -0.15) is 0 Å². The van der Waals surface area contributed by atoms with Gasteiger partial charge in [-0.15, -0.1) is 0 Å².